The smallest absolute Gasteiger partial charge is 0.191 e. The van der Waals surface area contributed by atoms with E-state index in [0.717, 1.165) is 31.5 Å². The number of nitrogens with two attached hydrogens (primary N) is 1. The molecule has 2 saturated carbocycles. The van der Waals surface area contributed by atoms with Gasteiger partial charge < -0.3 is 10.6 Å². The molecule has 0 aromatic rings. The number of hydrogen-bond acceptors (Lipinski definition) is 2. The fourth-order valence-corrected chi connectivity index (χ4v) is 4.38. The summed E-state index contributed by atoms with van der Waals surface area (Å²) in [4.78, 5) is 7.02. The zero-order valence-corrected chi connectivity index (χ0v) is 12.1. The highest BCUT2D eigenvalue weighted by Gasteiger charge is 2.45. The highest BCUT2D eigenvalue weighted by molar-refractivity contribution is 7.99. The highest BCUT2D eigenvalue weighted by Crippen LogP contribution is 2.54. The third kappa shape index (κ3) is 2.36. The Bertz CT molecular complexity index is 315. The molecule has 3 rings (SSSR count). The van der Waals surface area contributed by atoms with E-state index < -0.39 is 0 Å². The van der Waals surface area contributed by atoms with E-state index >= 15 is 0 Å². The van der Waals surface area contributed by atoms with E-state index in [9.17, 15) is 0 Å². The minimum atomic E-state index is 0.549. The van der Waals surface area contributed by atoms with Crippen LogP contribution < -0.4 is 5.73 Å². The van der Waals surface area contributed by atoms with Gasteiger partial charge in [-0.3, -0.25) is 4.99 Å². The van der Waals surface area contributed by atoms with Gasteiger partial charge in [0.1, 0.15) is 0 Å². The van der Waals surface area contributed by atoms with Gasteiger partial charge in [-0.05, 0) is 37.0 Å². The van der Waals surface area contributed by atoms with Crippen LogP contribution in [-0.4, -0.2) is 42.0 Å². The van der Waals surface area contributed by atoms with Crippen LogP contribution in [0.2, 0.25) is 0 Å². The van der Waals surface area contributed by atoms with E-state index in [1.807, 2.05) is 11.8 Å². The maximum atomic E-state index is 6.16. The van der Waals surface area contributed by atoms with Crippen LogP contribution in [-0.2, 0) is 0 Å². The fraction of sp³-hybridized carbons (Fsp3) is 0.929. The number of nitrogens with zero attached hydrogens (tertiary/aromatic N) is 2. The lowest BCUT2D eigenvalue weighted by Crippen LogP contribution is -2.46. The molecule has 1 heterocycles. The van der Waals surface area contributed by atoms with Crippen molar-refractivity contribution in [1.29, 1.82) is 0 Å². The Balaban J connectivity index is 1.57. The average molecular weight is 267 g/mol. The van der Waals surface area contributed by atoms with Crippen LogP contribution in [0.25, 0.3) is 0 Å². The Kier molecular flexibility index (Phi) is 3.73. The first-order valence-electron chi connectivity index (χ1n) is 7.43. The summed E-state index contributed by atoms with van der Waals surface area (Å²) in [6.07, 6.45) is 8.52. The normalized spacial score (nSPS) is 28.7. The molecule has 0 amide bonds. The Morgan fingerprint density at radius 1 is 1.22 bits per heavy atom. The molecule has 0 bridgehead atoms. The molecule has 3 nitrogen and oxygen atoms in total. The van der Waals surface area contributed by atoms with Crippen molar-refractivity contribution in [2.24, 2.45) is 22.1 Å². The summed E-state index contributed by atoms with van der Waals surface area (Å²) < 4.78 is 0. The quantitative estimate of drug-likeness (QED) is 0.630. The van der Waals surface area contributed by atoms with Gasteiger partial charge in [0.05, 0.1) is 0 Å². The molecule has 1 saturated heterocycles. The van der Waals surface area contributed by atoms with Gasteiger partial charge in [-0.15, -0.1) is 0 Å². The van der Waals surface area contributed by atoms with Gasteiger partial charge in [-0.2, -0.15) is 11.8 Å². The summed E-state index contributed by atoms with van der Waals surface area (Å²) in [5.41, 5.74) is 6.71. The van der Waals surface area contributed by atoms with E-state index in [1.54, 1.807) is 0 Å². The fourth-order valence-electron chi connectivity index (χ4n) is 3.48. The molecule has 3 aliphatic rings. The van der Waals surface area contributed by atoms with Crippen LogP contribution in [0, 0.1) is 11.3 Å². The van der Waals surface area contributed by atoms with Crippen molar-refractivity contribution in [3.63, 3.8) is 0 Å². The first-order valence-corrected chi connectivity index (χ1v) is 8.58. The lowest BCUT2D eigenvalue weighted by atomic mass is 9.55. The predicted molar refractivity (Wildman–Crippen MR) is 79.0 cm³/mol. The van der Waals surface area contributed by atoms with Crippen molar-refractivity contribution in [3.8, 4) is 0 Å². The molecule has 0 spiro atoms. The third-order valence-corrected chi connectivity index (χ3v) is 6.15. The molecular weight excluding hydrogens is 242 g/mol. The van der Waals surface area contributed by atoms with Gasteiger partial charge in [0.15, 0.2) is 5.96 Å². The van der Waals surface area contributed by atoms with E-state index in [4.69, 9.17) is 10.7 Å². The number of aliphatic imine (C=N–C) groups is 1. The molecule has 102 valence electrons. The van der Waals surface area contributed by atoms with Gasteiger partial charge in [0.25, 0.3) is 0 Å². The Labute approximate surface area is 115 Å². The lowest BCUT2D eigenvalue weighted by Gasteiger charge is -2.51. The molecular formula is C14H25N3S. The molecule has 18 heavy (non-hydrogen) atoms. The maximum Gasteiger partial charge on any atom is 0.191 e. The second kappa shape index (κ2) is 5.32. The van der Waals surface area contributed by atoms with E-state index in [2.05, 4.69) is 4.90 Å². The van der Waals surface area contributed by atoms with Crippen molar-refractivity contribution in [1.82, 2.24) is 4.90 Å². The molecule has 0 aromatic carbocycles. The van der Waals surface area contributed by atoms with Crippen LogP contribution in [0.3, 0.4) is 0 Å². The largest absolute Gasteiger partial charge is 0.370 e. The predicted octanol–water partition coefficient (Wildman–Crippen LogP) is 2.32. The Morgan fingerprint density at radius 3 is 2.44 bits per heavy atom. The molecule has 0 radical (unpaired) electrons. The topological polar surface area (TPSA) is 41.6 Å². The average Bonchev–Trinajstić information content (AvgIpc) is 2.30. The van der Waals surface area contributed by atoms with Crippen molar-refractivity contribution >= 4 is 17.7 Å². The van der Waals surface area contributed by atoms with E-state index in [-0.39, 0.29) is 0 Å². The minimum Gasteiger partial charge on any atom is -0.370 e. The van der Waals surface area contributed by atoms with Crippen LogP contribution in [0.5, 0.6) is 0 Å². The summed E-state index contributed by atoms with van der Waals surface area (Å²) in [5.74, 6) is 4.16. The zero-order chi connectivity index (χ0) is 12.4. The molecule has 0 atom stereocenters. The monoisotopic (exact) mass is 267 g/mol. The van der Waals surface area contributed by atoms with Crippen LogP contribution in [0.4, 0.5) is 0 Å². The molecule has 4 heteroatoms. The maximum absolute atomic E-state index is 6.16. The second-order valence-electron chi connectivity index (χ2n) is 6.12. The molecule has 0 aromatic heterocycles. The highest BCUT2D eigenvalue weighted by atomic mass is 32.2. The first-order chi connectivity index (χ1) is 8.80. The van der Waals surface area contributed by atoms with E-state index in [0.29, 0.717) is 5.41 Å². The van der Waals surface area contributed by atoms with Crippen molar-refractivity contribution in [2.75, 3.05) is 31.1 Å². The van der Waals surface area contributed by atoms with Gasteiger partial charge in [0, 0.05) is 31.1 Å². The number of hydrogen-bond donors (Lipinski definition) is 1. The SMILES string of the molecule is NC(=NCC1(C2CCC2)CCC1)N1CCSCC1. The standard InChI is InChI=1S/C14H25N3S/c15-13(17-7-9-18-10-8-17)16-11-14(5-2-6-14)12-3-1-4-12/h12H,1-11H2,(H2,15,16). The van der Waals surface area contributed by atoms with Crippen LogP contribution >= 0.6 is 11.8 Å². The number of guanidine groups is 1. The van der Waals surface area contributed by atoms with Gasteiger partial charge in [0.2, 0.25) is 0 Å². The first kappa shape index (κ1) is 12.6. The van der Waals surface area contributed by atoms with Crippen molar-refractivity contribution in [2.45, 2.75) is 38.5 Å². The lowest BCUT2D eigenvalue weighted by molar-refractivity contribution is 0.0114. The van der Waals surface area contributed by atoms with Crippen LogP contribution in [0.1, 0.15) is 38.5 Å². The zero-order valence-electron chi connectivity index (χ0n) is 11.2. The Hall–Kier alpha value is -0.380. The van der Waals surface area contributed by atoms with Gasteiger partial charge in [-0.25, -0.2) is 0 Å². The molecule has 2 aliphatic carbocycles. The number of rotatable bonds is 3. The summed E-state index contributed by atoms with van der Waals surface area (Å²) >= 11 is 2.02. The number of thioether (sulfide) groups is 1. The summed E-state index contributed by atoms with van der Waals surface area (Å²) in [7, 11) is 0. The van der Waals surface area contributed by atoms with Crippen LogP contribution in [0.15, 0.2) is 4.99 Å². The summed E-state index contributed by atoms with van der Waals surface area (Å²) in [6.45, 7) is 3.15. The molecule has 1 aliphatic heterocycles. The minimum absolute atomic E-state index is 0.549. The van der Waals surface area contributed by atoms with Gasteiger partial charge >= 0.3 is 0 Å². The Morgan fingerprint density at radius 2 is 1.94 bits per heavy atom. The van der Waals surface area contributed by atoms with Gasteiger partial charge in [-0.1, -0.05) is 12.8 Å². The van der Waals surface area contributed by atoms with Crippen molar-refractivity contribution < 1.29 is 0 Å². The summed E-state index contributed by atoms with van der Waals surface area (Å²) in [5, 5.41) is 0. The molecule has 2 N–H and O–H groups in total. The third-order valence-electron chi connectivity index (χ3n) is 5.21. The summed E-state index contributed by atoms with van der Waals surface area (Å²) in [6, 6.07) is 0. The molecule has 0 unspecified atom stereocenters. The van der Waals surface area contributed by atoms with E-state index in [1.165, 1.54) is 50.0 Å². The molecule has 3 fully saturated rings. The second-order valence-corrected chi connectivity index (χ2v) is 7.34. The van der Waals surface area contributed by atoms with Crippen molar-refractivity contribution in [3.05, 3.63) is 0 Å².